The molecule has 4 amide bonds. The smallest absolute Gasteiger partial charge is 0.330 e. The quantitative estimate of drug-likeness (QED) is 0.00601. The lowest BCUT2D eigenvalue weighted by atomic mass is 9.89. The SMILES string of the molecule is CCN=c1cc2oc3cc(NCC)c(C)cc3c(-c3ccccc3C(=O)N(C)CCCC(=O)NCCNC(=O)c3cccc(OCC(OCCOCC(=O)NCC#Cc4cn([C@H]5CC(O[C@H](C)OCC)[C@@H](COP(=O)([O-])O)O5)c(=O)[nH]c4=O)SSC(C)(C)C)c3)c-2cc1C. The van der Waals surface area contributed by atoms with Crippen LogP contribution < -0.4 is 47.5 Å². The highest BCUT2D eigenvalue weighted by atomic mass is 33.1. The number of anilines is 1. The fourth-order valence-corrected chi connectivity index (χ4v) is 12.5. The topological polar surface area (TPSA) is 325 Å². The molecule has 1 fully saturated rings. The number of carbonyl (C=O) groups excluding carboxylic acids is 4. The number of rotatable bonds is 33. The third kappa shape index (κ3) is 22.1. The number of carbonyl (C=O) groups is 4. The van der Waals surface area contributed by atoms with Crippen LogP contribution in [-0.2, 0) is 42.4 Å². The molecule has 3 aliphatic rings. The maximum atomic E-state index is 14.3. The van der Waals surface area contributed by atoms with Gasteiger partial charge in [0.1, 0.15) is 53.6 Å². The maximum absolute atomic E-state index is 14.3. The van der Waals surface area contributed by atoms with E-state index in [2.05, 4.69) is 82.4 Å². The molecule has 6 atom stereocenters. The summed E-state index contributed by atoms with van der Waals surface area (Å²) in [5.41, 5.74) is 4.85. The monoisotopic (exact) mass is 1360 g/mol. The van der Waals surface area contributed by atoms with Gasteiger partial charge in [0.15, 0.2) is 6.29 Å². The summed E-state index contributed by atoms with van der Waals surface area (Å²) < 4.78 is 58.2. The molecular weight excluding hydrogens is 1270 g/mol. The highest BCUT2D eigenvalue weighted by molar-refractivity contribution is 8.77. The fraction of sp³-hybridized carbons (Fsp3) is 0.470. The normalized spacial score (nSPS) is 16.2. The zero-order valence-corrected chi connectivity index (χ0v) is 57.1. The zero-order valence-electron chi connectivity index (χ0n) is 54.6. The molecule has 1 saturated heterocycles. The molecule has 1 aromatic heterocycles. The largest absolute Gasteiger partial charge is 0.756 e. The molecule has 0 saturated carbocycles. The van der Waals surface area contributed by atoms with Gasteiger partial charge < -0.3 is 73.3 Å². The van der Waals surface area contributed by atoms with Crippen molar-refractivity contribution >= 4 is 69.7 Å². The molecule has 3 unspecified atom stereocenters. The van der Waals surface area contributed by atoms with Crippen molar-refractivity contribution in [2.75, 3.05) is 91.3 Å². The Labute approximate surface area is 554 Å². The second kappa shape index (κ2) is 35.4. The minimum Gasteiger partial charge on any atom is -0.756 e. The number of aromatic amines is 1. The van der Waals surface area contributed by atoms with Crippen LogP contribution in [0.5, 0.6) is 5.75 Å². The highest BCUT2D eigenvalue weighted by Crippen LogP contribution is 2.44. The zero-order chi connectivity index (χ0) is 68.1. The Balaban J connectivity index is 0.829. The van der Waals surface area contributed by atoms with Crippen molar-refractivity contribution in [3.05, 3.63) is 133 Å². The van der Waals surface area contributed by atoms with Gasteiger partial charge in [-0.3, -0.25) is 43.1 Å². The van der Waals surface area contributed by atoms with Gasteiger partial charge in [0.25, 0.3) is 25.2 Å². The molecule has 0 bridgehead atoms. The highest BCUT2D eigenvalue weighted by Gasteiger charge is 2.39. The van der Waals surface area contributed by atoms with Crippen LogP contribution in [0.25, 0.3) is 33.4 Å². The van der Waals surface area contributed by atoms with Crippen LogP contribution in [0.2, 0.25) is 0 Å². The fourth-order valence-electron chi connectivity index (χ4n) is 10.0. The van der Waals surface area contributed by atoms with Crippen LogP contribution in [0.3, 0.4) is 0 Å². The Morgan fingerprint density at radius 1 is 0.957 bits per heavy atom. The van der Waals surface area contributed by atoms with Gasteiger partial charge in [-0.05, 0) is 101 Å². The summed E-state index contributed by atoms with van der Waals surface area (Å²) in [7, 11) is -0.321. The Kier molecular flexibility index (Phi) is 27.9. The number of ether oxygens (including phenoxy) is 6. The number of fused-ring (bicyclic) bond motifs is 2. The second-order valence-corrected chi connectivity index (χ2v) is 27.2. The lowest BCUT2D eigenvalue weighted by molar-refractivity contribution is -0.224. The van der Waals surface area contributed by atoms with Crippen molar-refractivity contribution in [1.29, 1.82) is 0 Å². The number of benzene rings is 4. The van der Waals surface area contributed by atoms with Crippen LogP contribution in [0.4, 0.5) is 5.69 Å². The van der Waals surface area contributed by atoms with Crippen molar-refractivity contribution in [1.82, 2.24) is 30.4 Å². The summed E-state index contributed by atoms with van der Waals surface area (Å²) in [5.74, 6) is 5.13. The van der Waals surface area contributed by atoms with Crippen molar-refractivity contribution < 1.29 is 70.9 Å². The van der Waals surface area contributed by atoms with Gasteiger partial charge in [0.05, 0.1) is 37.8 Å². The summed E-state index contributed by atoms with van der Waals surface area (Å²) in [6.45, 7) is 19.2. The number of nitrogens with zero attached hydrogens (tertiary/aromatic N) is 3. The summed E-state index contributed by atoms with van der Waals surface area (Å²) in [6, 6.07) is 22.4. The predicted molar refractivity (Wildman–Crippen MR) is 358 cm³/mol. The Morgan fingerprint density at radius 3 is 2.48 bits per heavy atom. The lowest BCUT2D eigenvalue weighted by Crippen LogP contribution is -2.35. The number of hydrogen-bond donors (Lipinski definition) is 6. The standard InChI is InChI=1S/C66H85N8O17PS2/c1-11-67-51-34-53-49(31-41(51)4)61(50-32-42(5)52(68-12-2)35-54(50)90-53)47-22-14-15-23-48(47)64(79)73(10)28-18-24-57(75)70-26-27-71-62(77)44-19-16-21-46(33-44)87-40-60(93-94-66(7,8)9)86-30-29-84-39-58(76)69-25-17-20-45-37-74(65(80)72-63(45)78)59-36-55(89-43(6)85-13-3)56(91-59)38-88-92(81,82)83/h14-16,19,21-23,31-35,37,43,55-56,59-60,67H,11-13,18,24-30,36,38-40H2,1-10H3,(H,69,76)(H,70,75)(H,71,77)(H,72,78,80)(H2,81,82,83)/p-1/t43-,55?,56-,59-,60?/m1/s1. The first-order valence-corrected chi connectivity index (χ1v) is 34.7. The first-order chi connectivity index (χ1) is 44.8. The molecule has 94 heavy (non-hydrogen) atoms. The Bertz CT molecular complexity index is 3870. The van der Waals surface area contributed by atoms with E-state index in [1.54, 1.807) is 60.9 Å². The lowest BCUT2D eigenvalue weighted by Gasteiger charge is -2.24. The number of H-pyrrole nitrogens is 1. The molecule has 4 aromatic rings. The van der Waals surface area contributed by atoms with Crippen molar-refractivity contribution in [2.24, 2.45) is 4.99 Å². The average Bonchev–Trinajstić information content (AvgIpc) is 0.897. The van der Waals surface area contributed by atoms with E-state index in [0.29, 0.717) is 54.3 Å². The van der Waals surface area contributed by atoms with Gasteiger partial charge in [-0.1, -0.05) is 78.5 Å². The number of hydrogen-bond acceptors (Lipinski definition) is 20. The number of phosphoric ester groups is 1. The third-order valence-electron chi connectivity index (χ3n) is 14.4. The van der Waals surface area contributed by atoms with Crippen LogP contribution in [0.1, 0.15) is 111 Å². The van der Waals surface area contributed by atoms with E-state index < -0.39 is 61.7 Å². The number of nitrogens with one attached hydrogen (secondary N) is 5. The van der Waals surface area contributed by atoms with Crippen LogP contribution in [0, 0.1) is 25.7 Å². The molecule has 6 N–H and O–H groups in total. The molecular formula is C66H84N8O17PS2-. The van der Waals surface area contributed by atoms with Gasteiger partial charge in [-0.15, -0.1) is 0 Å². The Hall–Kier alpha value is -7.32. The number of amides is 4. The summed E-state index contributed by atoms with van der Waals surface area (Å²) in [4.78, 5) is 108. The number of aryl methyl sites for hydroxylation is 2. The van der Waals surface area contributed by atoms with Gasteiger partial charge in [0, 0.05) is 116 Å². The van der Waals surface area contributed by atoms with E-state index in [4.69, 9.17) is 42.7 Å². The van der Waals surface area contributed by atoms with E-state index in [1.165, 1.54) is 17.0 Å². The third-order valence-corrected chi connectivity index (χ3v) is 18.4. The average molecular weight is 1360 g/mol. The molecule has 0 spiro atoms. The van der Waals surface area contributed by atoms with Crippen molar-refractivity contribution in [2.45, 2.75) is 116 Å². The molecule has 2 aliphatic heterocycles. The van der Waals surface area contributed by atoms with Crippen molar-refractivity contribution in [3.8, 4) is 40.0 Å². The van der Waals surface area contributed by atoms with E-state index in [0.717, 1.165) is 55.4 Å². The molecule has 25 nitrogen and oxygen atoms in total. The van der Waals surface area contributed by atoms with E-state index in [9.17, 15) is 38.2 Å². The first kappa shape index (κ1) is 74.1. The van der Waals surface area contributed by atoms with E-state index in [1.807, 2.05) is 57.2 Å². The summed E-state index contributed by atoms with van der Waals surface area (Å²) in [5, 5.41) is 13.4. The molecule has 3 heterocycles. The van der Waals surface area contributed by atoms with Crippen molar-refractivity contribution in [3.63, 3.8) is 0 Å². The van der Waals surface area contributed by atoms with Gasteiger partial charge in [-0.25, -0.2) is 4.79 Å². The summed E-state index contributed by atoms with van der Waals surface area (Å²) >= 11 is 0. The van der Waals surface area contributed by atoms with Crippen LogP contribution in [0.15, 0.2) is 98.0 Å². The minimum atomic E-state index is -5.11. The molecule has 7 rings (SSSR count). The van der Waals surface area contributed by atoms with Gasteiger partial charge in [-0.2, -0.15) is 0 Å². The van der Waals surface area contributed by atoms with Crippen LogP contribution in [-0.4, -0.2) is 158 Å². The molecule has 3 aromatic carbocycles. The summed E-state index contributed by atoms with van der Waals surface area (Å²) in [6.07, 6.45) is -1.89. The number of phosphoric acid groups is 1. The van der Waals surface area contributed by atoms with E-state index >= 15 is 0 Å². The van der Waals surface area contributed by atoms with E-state index in [-0.39, 0.29) is 86.9 Å². The molecule has 0 radical (unpaired) electrons. The van der Waals surface area contributed by atoms with Gasteiger partial charge >= 0.3 is 5.69 Å². The molecule has 1 aliphatic carbocycles. The first-order valence-electron chi connectivity index (χ1n) is 31.0. The molecule has 508 valence electrons. The second-order valence-electron chi connectivity index (χ2n) is 22.9. The number of aromatic nitrogens is 2. The van der Waals surface area contributed by atoms with Crippen LogP contribution >= 0.6 is 29.4 Å². The maximum Gasteiger partial charge on any atom is 0.330 e. The van der Waals surface area contributed by atoms with Gasteiger partial charge in [0.2, 0.25) is 11.8 Å². The predicted octanol–water partition coefficient (Wildman–Crippen LogP) is 7.04. The molecule has 28 heteroatoms. The minimum absolute atomic E-state index is 0.0169. The Morgan fingerprint density at radius 2 is 1.73 bits per heavy atom.